The summed E-state index contributed by atoms with van der Waals surface area (Å²) in [5, 5.41) is 16.3. The van der Waals surface area contributed by atoms with Crippen LogP contribution in [0.2, 0.25) is 0 Å². The molecule has 1 aliphatic rings. The number of H-pyrrole nitrogens is 1. The van der Waals surface area contributed by atoms with E-state index in [0.29, 0.717) is 41.7 Å². The number of nitrogens with one attached hydrogen (secondary N) is 1. The lowest BCUT2D eigenvalue weighted by molar-refractivity contribution is -0.134. The number of hydrogen-bond donors (Lipinski definition) is 3. The number of halogens is 1. The van der Waals surface area contributed by atoms with E-state index in [0.717, 1.165) is 23.5 Å². The predicted molar refractivity (Wildman–Crippen MR) is 118 cm³/mol. The van der Waals surface area contributed by atoms with Crippen LogP contribution in [0.15, 0.2) is 36.7 Å². The molecular formula is C23H25FN4O5. The van der Waals surface area contributed by atoms with Gasteiger partial charge in [0.1, 0.15) is 5.82 Å². The van der Waals surface area contributed by atoms with E-state index in [9.17, 15) is 18.8 Å². The van der Waals surface area contributed by atoms with Crippen molar-refractivity contribution in [3.8, 4) is 0 Å². The first kappa shape index (κ1) is 23.7. The van der Waals surface area contributed by atoms with Crippen LogP contribution in [0.25, 0.3) is 10.9 Å². The second kappa shape index (κ2) is 9.68. The molecule has 0 saturated heterocycles. The van der Waals surface area contributed by atoms with Crippen LogP contribution >= 0.6 is 0 Å². The first-order chi connectivity index (χ1) is 15.6. The summed E-state index contributed by atoms with van der Waals surface area (Å²) in [5.74, 6) is -2.83. The third-order valence-corrected chi connectivity index (χ3v) is 5.36. The quantitative estimate of drug-likeness (QED) is 0.506. The van der Waals surface area contributed by atoms with Crippen molar-refractivity contribution in [2.24, 2.45) is 0 Å². The molecular weight excluding hydrogens is 431 g/mol. The smallest absolute Gasteiger partial charge is 0.328 e. The van der Waals surface area contributed by atoms with Gasteiger partial charge in [-0.1, -0.05) is 12.1 Å². The summed E-state index contributed by atoms with van der Waals surface area (Å²) in [7, 11) is 0. The normalized spacial score (nSPS) is 13.4. The maximum atomic E-state index is 14.5. The Hall–Kier alpha value is -3.95. The largest absolute Gasteiger partial charge is 0.478 e. The summed E-state index contributed by atoms with van der Waals surface area (Å²) >= 11 is 0. The number of para-hydroxylation sites is 1. The van der Waals surface area contributed by atoms with Crippen LogP contribution in [-0.4, -0.2) is 54.0 Å². The maximum absolute atomic E-state index is 14.5. The number of imidazole rings is 1. The molecule has 0 unspecified atom stereocenters. The Balaban J connectivity index is 0.000000331. The van der Waals surface area contributed by atoms with Crippen molar-refractivity contribution < 1.29 is 29.0 Å². The van der Waals surface area contributed by atoms with E-state index in [1.807, 2.05) is 31.4 Å². The van der Waals surface area contributed by atoms with Gasteiger partial charge in [-0.3, -0.25) is 4.79 Å². The van der Waals surface area contributed by atoms with Crippen molar-refractivity contribution in [1.29, 1.82) is 0 Å². The minimum absolute atomic E-state index is 0.0429. The number of aromatic amines is 1. The van der Waals surface area contributed by atoms with Crippen LogP contribution in [0, 0.1) is 12.7 Å². The third kappa shape index (κ3) is 4.94. The molecule has 0 saturated carbocycles. The first-order valence-corrected chi connectivity index (χ1v) is 10.3. The highest BCUT2D eigenvalue weighted by molar-refractivity contribution is 6.09. The van der Waals surface area contributed by atoms with Gasteiger partial charge in [-0.15, -0.1) is 0 Å². The highest BCUT2D eigenvalue weighted by atomic mass is 19.1. The predicted octanol–water partition coefficient (Wildman–Crippen LogP) is 3.30. The molecule has 33 heavy (non-hydrogen) atoms. The van der Waals surface area contributed by atoms with E-state index in [1.54, 1.807) is 17.3 Å². The topological polar surface area (TPSA) is 129 Å². The van der Waals surface area contributed by atoms with Crippen LogP contribution in [0.3, 0.4) is 0 Å². The third-order valence-electron chi connectivity index (χ3n) is 5.36. The number of carboxylic acids is 2. The summed E-state index contributed by atoms with van der Waals surface area (Å²) in [4.78, 5) is 41.4. The van der Waals surface area contributed by atoms with Crippen molar-refractivity contribution in [1.82, 2.24) is 19.4 Å². The minimum atomic E-state index is -1.26. The number of fused-ring (bicyclic) bond motifs is 3. The average Bonchev–Trinajstić information content (AvgIpc) is 3.31. The molecule has 0 bridgehead atoms. The van der Waals surface area contributed by atoms with E-state index in [-0.39, 0.29) is 17.8 Å². The zero-order valence-corrected chi connectivity index (χ0v) is 18.5. The molecule has 9 nitrogen and oxygen atoms in total. The number of aliphatic carboxylic acids is 2. The van der Waals surface area contributed by atoms with Gasteiger partial charge in [0.2, 0.25) is 0 Å². The number of hydrogen-bond acceptors (Lipinski definition) is 4. The van der Waals surface area contributed by atoms with E-state index in [1.165, 1.54) is 6.07 Å². The Morgan fingerprint density at radius 1 is 1.24 bits per heavy atom. The molecule has 0 fully saturated rings. The molecule has 1 aliphatic heterocycles. The molecule has 174 valence electrons. The molecule has 0 atom stereocenters. The highest BCUT2D eigenvalue weighted by Crippen LogP contribution is 2.35. The Kier molecular flexibility index (Phi) is 6.95. The number of aromatic nitrogens is 3. The Morgan fingerprint density at radius 2 is 1.91 bits per heavy atom. The lowest BCUT2D eigenvalue weighted by Crippen LogP contribution is -2.37. The monoisotopic (exact) mass is 456 g/mol. The summed E-state index contributed by atoms with van der Waals surface area (Å²) in [6, 6.07) is 5.07. The Bertz CT molecular complexity index is 1230. The minimum Gasteiger partial charge on any atom is -0.478 e. The summed E-state index contributed by atoms with van der Waals surface area (Å²) in [6.45, 7) is 7.08. The van der Waals surface area contributed by atoms with Crippen molar-refractivity contribution in [3.05, 3.63) is 65.1 Å². The first-order valence-electron chi connectivity index (χ1n) is 10.3. The van der Waals surface area contributed by atoms with E-state index < -0.39 is 11.9 Å². The van der Waals surface area contributed by atoms with Gasteiger partial charge in [0, 0.05) is 47.9 Å². The Labute approximate surface area is 189 Å². The molecule has 0 radical (unpaired) electrons. The summed E-state index contributed by atoms with van der Waals surface area (Å²) < 4.78 is 16.5. The van der Waals surface area contributed by atoms with Crippen LogP contribution < -0.4 is 0 Å². The van der Waals surface area contributed by atoms with E-state index in [2.05, 4.69) is 9.97 Å². The molecule has 2 aromatic heterocycles. The maximum Gasteiger partial charge on any atom is 0.328 e. The van der Waals surface area contributed by atoms with Gasteiger partial charge in [0.05, 0.1) is 29.6 Å². The number of amides is 1. The average molecular weight is 456 g/mol. The van der Waals surface area contributed by atoms with Crippen LogP contribution in [-0.2, 0) is 22.6 Å². The fourth-order valence-electron chi connectivity index (χ4n) is 3.95. The van der Waals surface area contributed by atoms with Crippen molar-refractivity contribution >= 4 is 28.7 Å². The standard InChI is InChI=1S/C19H21FN4O.C4H4O4/c1-11(2)24-16-7-8-23(9-15-12(3)21-10-22-15)19(25)17(16)13-5-4-6-14(20)18(13)24;5-3(6)1-2-4(7)8/h4-6,10-11H,7-9H2,1-3H3,(H,21,22);1-2H,(H,5,6)(H,7,8)/b;2-1-. The molecule has 0 spiro atoms. The fraction of sp³-hybridized carbons (Fsp3) is 0.304. The Morgan fingerprint density at radius 3 is 2.45 bits per heavy atom. The molecule has 10 heteroatoms. The van der Waals surface area contributed by atoms with E-state index in [4.69, 9.17) is 10.2 Å². The van der Waals surface area contributed by atoms with Gasteiger partial charge >= 0.3 is 11.9 Å². The van der Waals surface area contributed by atoms with Gasteiger partial charge in [-0.25, -0.2) is 19.0 Å². The molecule has 1 aromatic carbocycles. The van der Waals surface area contributed by atoms with Crippen LogP contribution in [0.1, 0.15) is 47.3 Å². The molecule has 4 rings (SSSR count). The van der Waals surface area contributed by atoms with Crippen LogP contribution in [0.5, 0.6) is 0 Å². The highest BCUT2D eigenvalue weighted by Gasteiger charge is 2.32. The lowest BCUT2D eigenvalue weighted by atomic mass is 10.0. The number of nitrogens with zero attached hydrogens (tertiary/aromatic N) is 3. The second-order valence-corrected chi connectivity index (χ2v) is 7.88. The van der Waals surface area contributed by atoms with Gasteiger partial charge in [-0.2, -0.15) is 0 Å². The number of carboxylic acid groups (broad SMARTS) is 2. The molecule has 1 amide bonds. The summed E-state index contributed by atoms with van der Waals surface area (Å²) in [6.07, 6.45) is 3.48. The van der Waals surface area contributed by atoms with Gasteiger partial charge < -0.3 is 24.7 Å². The van der Waals surface area contributed by atoms with Gasteiger partial charge in [-0.05, 0) is 26.8 Å². The van der Waals surface area contributed by atoms with E-state index >= 15 is 0 Å². The lowest BCUT2D eigenvalue weighted by Gasteiger charge is -2.28. The number of carbonyl (C=O) groups excluding carboxylic acids is 1. The van der Waals surface area contributed by atoms with Crippen molar-refractivity contribution in [2.75, 3.05) is 6.54 Å². The second-order valence-electron chi connectivity index (χ2n) is 7.88. The number of carbonyl (C=O) groups is 3. The SMILES string of the molecule is Cc1[nH]cnc1CN1CCc2c(c3cccc(F)c3n2C(C)C)C1=O.O=C(O)/C=C\C(=O)O. The van der Waals surface area contributed by atoms with Gasteiger partial charge in [0.15, 0.2) is 0 Å². The number of aryl methyl sites for hydroxylation is 1. The van der Waals surface area contributed by atoms with Gasteiger partial charge in [0.25, 0.3) is 5.91 Å². The number of benzene rings is 1. The molecule has 3 aromatic rings. The fourth-order valence-corrected chi connectivity index (χ4v) is 3.95. The molecule has 3 N–H and O–H groups in total. The van der Waals surface area contributed by atoms with Crippen LogP contribution in [0.4, 0.5) is 4.39 Å². The number of rotatable bonds is 5. The van der Waals surface area contributed by atoms with Crippen molar-refractivity contribution in [2.45, 2.75) is 39.8 Å². The summed E-state index contributed by atoms with van der Waals surface area (Å²) in [5.41, 5.74) is 3.95. The zero-order valence-electron chi connectivity index (χ0n) is 18.5. The van der Waals surface area contributed by atoms with Crippen molar-refractivity contribution in [3.63, 3.8) is 0 Å². The molecule has 3 heterocycles. The molecule has 0 aliphatic carbocycles. The zero-order chi connectivity index (χ0) is 24.3.